The molecule has 3 atom stereocenters. The predicted octanol–water partition coefficient (Wildman–Crippen LogP) is 5.50. The smallest absolute Gasteiger partial charge is 0.187 e. The summed E-state index contributed by atoms with van der Waals surface area (Å²) in [4.78, 5) is 43.7. The minimum Gasteiger partial charge on any atom is -0.497 e. The summed E-state index contributed by atoms with van der Waals surface area (Å²) in [5.74, 6) is -0.864. The number of nitrogens with zero attached hydrogens (tertiary/aromatic N) is 2. The van der Waals surface area contributed by atoms with E-state index in [1.807, 2.05) is 54.6 Å². The number of ketones is 3. The number of methoxy groups -OCH3 is 1. The number of hydrogen-bond acceptors (Lipinski definition) is 6. The molecule has 0 unspecified atom stereocenters. The van der Waals surface area contributed by atoms with E-state index in [0.717, 1.165) is 16.7 Å². The van der Waals surface area contributed by atoms with Gasteiger partial charge in [0, 0.05) is 22.6 Å². The van der Waals surface area contributed by atoms with Crippen LogP contribution in [0.3, 0.4) is 0 Å². The fourth-order valence-electron chi connectivity index (χ4n) is 6.74. The normalized spacial score (nSPS) is 22.0. The fraction of sp³-hybridized carbons (Fsp3) is 0.152. The Bertz CT molecular complexity index is 1640. The van der Waals surface area contributed by atoms with Gasteiger partial charge in [0.1, 0.15) is 17.2 Å². The molecule has 1 saturated heterocycles. The number of benzene rings is 4. The van der Waals surface area contributed by atoms with Crippen LogP contribution < -0.4 is 4.74 Å². The standard InChI is InChI=1S/C33H24N2O4/c1-39-23-17-15-21(16-18-23)29(36)28-27(20-9-3-2-4-10-20)33(31(37)25-13-7-8-14-26(25)32(33)38)30-24-12-6-5-11-22(24)19-34-35(28)30/h2-19,27-28,30H,1H3/t27-,28-,30-/m0/s1. The van der Waals surface area contributed by atoms with Crippen LogP contribution >= 0.6 is 0 Å². The number of hydrazone groups is 1. The first kappa shape index (κ1) is 23.3. The number of rotatable bonds is 4. The van der Waals surface area contributed by atoms with Crippen LogP contribution in [0.15, 0.2) is 108 Å². The molecule has 0 amide bonds. The number of carbonyl (C=O) groups is 3. The highest BCUT2D eigenvalue weighted by Crippen LogP contribution is 2.64. The molecule has 2 aliphatic heterocycles. The van der Waals surface area contributed by atoms with Crippen molar-refractivity contribution in [2.45, 2.75) is 18.0 Å². The first-order valence-corrected chi connectivity index (χ1v) is 12.9. The van der Waals surface area contributed by atoms with E-state index < -0.39 is 23.4 Å². The maximum Gasteiger partial charge on any atom is 0.187 e. The van der Waals surface area contributed by atoms with E-state index in [2.05, 4.69) is 0 Å². The highest BCUT2D eigenvalue weighted by molar-refractivity contribution is 6.31. The zero-order valence-electron chi connectivity index (χ0n) is 21.2. The Morgan fingerprint density at radius 2 is 1.41 bits per heavy atom. The second-order valence-corrected chi connectivity index (χ2v) is 10.2. The first-order valence-electron chi connectivity index (χ1n) is 12.9. The van der Waals surface area contributed by atoms with E-state index in [-0.39, 0.29) is 17.3 Å². The zero-order chi connectivity index (χ0) is 26.7. The Morgan fingerprint density at radius 1 is 0.795 bits per heavy atom. The van der Waals surface area contributed by atoms with Crippen molar-refractivity contribution in [1.82, 2.24) is 5.01 Å². The van der Waals surface area contributed by atoms with E-state index in [1.165, 1.54) is 0 Å². The van der Waals surface area contributed by atoms with Crippen molar-refractivity contribution in [2.75, 3.05) is 7.11 Å². The molecule has 4 aromatic carbocycles. The number of ether oxygens (including phenoxy) is 1. The van der Waals surface area contributed by atoms with Crippen LogP contribution in [0.2, 0.25) is 0 Å². The van der Waals surface area contributed by atoms with Crippen molar-refractivity contribution in [3.8, 4) is 5.75 Å². The van der Waals surface area contributed by atoms with Gasteiger partial charge in [-0.05, 0) is 41.0 Å². The van der Waals surface area contributed by atoms with Gasteiger partial charge in [-0.1, -0.05) is 78.9 Å². The Labute approximate surface area is 225 Å². The molecule has 6 heteroatoms. The molecule has 7 rings (SSSR count). The van der Waals surface area contributed by atoms with Crippen molar-refractivity contribution >= 4 is 23.6 Å². The van der Waals surface area contributed by atoms with Crippen molar-refractivity contribution in [2.24, 2.45) is 10.5 Å². The molecule has 0 N–H and O–H groups in total. The zero-order valence-corrected chi connectivity index (χ0v) is 21.2. The second kappa shape index (κ2) is 8.60. The third kappa shape index (κ3) is 3.08. The number of fused-ring (bicyclic) bond motifs is 5. The van der Waals surface area contributed by atoms with Gasteiger partial charge in [0.15, 0.2) is 17.3 Å². The van der Waals surface area contributed by atoms with Gasteiger partial charge in [-0.3, -0.25) is 19.4 Å². The monoisotopic (exact) mass is 512 g/mol. The fourth-order valence-corrected chi connectivity index (χ4v) is 6.74. The van der Waals surface area contributed by atoms with Crippen LogP contribution in [0.25, 0.3) is 0 Å². The largest absolute Gasteiger partial charge is 0.497 e. The van der Waals surface area contributed by atoms with Gasteiger partial charge in [-0.15, -0.1) is 0 Å². The minimum absolute atomic E-state index is 0.207. The summed E-state index contributed by atoms with van der Waals surface area (Å²) in [6, 6.07) is 29.4. The molecular weight excluding hydrogens is 488 g/mol. The average Bonchev–Trinajstić information content (AvgIpc) is 3.43. The summed E-state index contributed by atoms with van der Waals surface area (Å²) >= 11 is 0. The van der Waals surface area contributed by atoms with Gasteiger partial charge < -0.3 is 4.74 Å². The van der Waals surface area contributed by atoms with Crippen LogP contribution in [0.1, 0.15) is 59.7 Å². The van der Waals surface area contributed by atoms with Crippen molar-refractivity contribution in [3.05, 3.63) is 137 Å². The van der Waals surface area contributed by atoms with Crippen molar-refractivity contribution in [1.29, 1.82) is 0 Å². The Balaban J connectivity index is 1.52. The molecule has 0 bridgehead atoms. The molecule has 0 radical (unpaired) electrons. The predicted molar refractivity (Wildman–Crippen MR) is 146 cm³/mol. The van der Waals surface area contributed by atoms with E-state index in [9.17, 15) is 14.4 Å². The van der Waals surface area contributed by atoms with E-state index in [0.29, 0.717) is 22.4 Å². The van der Waals surface area contributed by atoms with Gasteiger partial charge in [-0.25, -0.2) is 0 Å². The van der Waals surface area contributed by atoms with Gasteiger partial charge in [0.2, 0.25) is 0 Å². The third-order valence-electron chi connectivity index (χ3n) is 8.38. The first-order chi connectivity index (χ1) is 19.1. The molecule has 0 saturated carbocycles. The lowest BCUT2D eigenvalue weighted by Crippen LogP contribution is -2.43. The summed E-state index contributed by atoms with van der Waals surface area (Å²) < 4.78 is 5.30. The lowest BCUT2D eigenvalue weighted by molar-refractivity contribution is 0.0586. The Kier molecular flexibility index (Phi) is 5.13. The molecule has 1 aliphatic carbocycles. The van der Waals surface area contributed by atoms with E-state index in [4.69, 9.17) is 9.84 Å². The van der Waals surface area contributed by atoms with Gasteiger partial charge in [0.05, 0.1) is 19.4 Å². The van der Waals surface area contributed by atoms with Crippen LogP contribution in [0.4, 0.5) is 0 Å². The number of carbonyl (C=O) groups excluding carboxylic acids is 3. The molecule has 4 aromatic rings. The quantitative estimate of drug-likeness (QED) is 0.267. The molecule has 1 fully saturated rings. The van der Waals surface area contributed by atoms with E-state index in [1.54, 1.807) is 66.9 Å². The average molecular weight is 513 g/mol. The molecule has 190 valence electrons. The summed E-state index contributed by atoms with van der Waals surface area (Å²) in [7, 11) is 1.57. The summed E-state index contributed by atoms with van der Waals surface area (Å²) in [6.07, 6.45) is 1.72. The van der Waals surface area contributed by atoms with Crippen LogP contribution in [0.5, 0.6) is 5.75 Å². The molecule has 2 heterocycles. The van der Waals surface area contributed by atoms with Crippen LogP contribution in [-0.2, 0) is 0 Å². The minimum atomic E-state index is -1.56. The van der Waals surface area contributed by atoms with Crippen molar-refractivity contribution in [3.63, 3.8) is 0 Å². The lowest BCUT2D eigenvalue weighted by Gasteiger charge is -2.36. The Morgan fingerprint density at radius 3 is 2.08 bits per heavy atom. The highest BCUT2D eigenvalue weighted by atomic mass is 16.5. The van der Waals surface area contributed by atoms with Crippen molar-refractivity contribution < 1.29 is 19.1 Å². The number of Topliss-reactive ketones (excluding diaryl/α,β-unsaturated/α-hetero) is 3. The van der Waals surface area contributed by atoms with E-state index >= 15 is 0 Å². The van der Waals surface area contributed by atoms with Gasteiger partial charge >= 0.3 is 0 Å². The molecule has 6 nitrogen and oxygen atoms in total. The lowest BCUT2D eigenvalue weighted by atomic mass is 9.63. The topological polar surface area (TPSA) is 76.0 Å². The summed E-state index contributed by atoms with van der Waals surface area (Å²) in [5, 5.41) is 6.50. The number of hydrogen-bond donors (Lipinski definition) is 0. The highest BCUT2D eigenvalue weighted by Gasteiger charge is 2.72. The third-order valence-corrected chi connectivity index (χ3v) is 8.38. The molecule has 0 aromatic heterocycles. The molecule has 3 aliphatic rings. The summed E-state index contributed by atoms with van der Waals surface area (Å²) in [5.41, 5.74) is 2.09. The molecule has 39 heavy (non-hydrogen) atoms. The van der Waals surface area contributed by atoms with Gasteiger partial charge in [-0.2, -0.15) is 5.10 Å². The van der Waals surface area contributed by atoms with Gasteiger partial charge in [0.25, 0.3) is 0 Å². The SMILES string of the molecule is COc1ccc(C(=O)[C@@H]2[C@H](c3ccccc3)C3(C(=O)c4ccccc4C3=O)[C@@H]3c4ccccc4C=NN23)cc1. The van der Waals surface area contributed by atoms with Crippen LogP contribution in [0, 0.1) is 5.41 Å². The van der Waals surface area contributed by atoms with Crippen LogP contribution in [-0.4, -0.2) is 41.7 Å². The summed E-state index contributed by atoms with van der Waals surface area (Å²) in [6.45, 7) is 0. The Hall–Kier alpha value is -4.84. The molecular formula is C33H24N2O4. The second-order valence-electron chi connectivity index (χ2n) is 10.2. The maximum atomic E-state index is 14.6. The maximum absolute atomic E-state index is 14.6. The molecule has 1 spiro atoms.